The normalized spacial score (nSPS) is 9.89. The van der Waals surface area contributed by atoms with Crippen LogP contribution in [-0.2, 0) is 6.54 Å². The van der Waals surface area contributed by atoms with Crippen molar-refractivity contribution >= 4 is 5.69 Å². The Hall–Kier alpha value is -2.61. The highest BCUT2D eigenvalue weighted by molar-refractivity contribution is 5.57. The fourth-order valence-corrected chi connectivity index (χ4v) is 1.74. The molecule has 1 aromatic heterocycles. The van der Waals surface area contributed by atoms with E-state index in [-0.39, 0.29) is 11.1 Å². The average Bonchev–Trinajstić information content (AvgIpc) is 2.41. The van der Waals surface area contributed by atoms with E-state index in [1.54, 1.807) is 29.0 Å². The molecule has 96 valence electrons. The number of nitriles is 1. The molecule has 19 heavy (non-hydrogen) atoms. The molecule has 0 aliphatic heterocycles. The number of rotatable bonds is 4. The van der Waals surface area contributed by atoms with E-state index >= 15 is 0 Å². The Bertz CT molecular complexity index is 673. The lowest BCUT2D eigenvalue weighted by molar-refractivity contribution is 0.624. The molecule has 0 aliphatic carbocycles. The lowest BCUT2D eigenvalue weighted by Crippen LogP contribution is -2.22. The van der Waals surface area contributed by atoms with Crippen molar-refractivity contribution in [2.24, 2.45) is 0 Å². The van der Waals surface area contributed by atoms with Crippen LogP contribution in [0.15, 0.2) is 47.4 Å². The number of pyridine rings is 1. The molecule has 0 amide bonds. The molecule has 0 spiro atoms. The van der Waals surface area contributed by atoms with Gasteiger partial charge in [0.2, 0.25) is 0 Å². The summed E-state index contributed by atoms with van der Waals surface area (Å²) < 4.78 is 14.9. The molecule has 0 aliphatic rings. The molecule has 1 heterocycles. The van der Waals surface area contributed by atoms with Crippen molar-refractivity contribution in [3.05, 3.63) is 64.3 Å². The first-order chi connectivity index (χ1) is 9.22. The number of nitrogens with zero attached hydrogens (tertiary/aromatic N) is 2. The fourth-order valence-electron chi connectivity index (χ4n) is 1.74. The number of nitrogens with one attached hydrogen (secondary N) is 1. The zero-order valence-corrected chi connectivity index (χ0v) is 10.1. The maximum Gasteiger partial charge on any atom is 0.250 e. The van der Waals surface area contributed by atoms with Gasteiger partial charge in [0.05, 0.1) is 5.69 Å². The number of benzene rings is 1. The SMILES string of the molecule is N#Cc1c(F)cccc1NCCn1ccccc1=O. The predicted molar refractivity (Wildman–Crippen MR) is 70.3 cm³/mol. The Morgan fingerprint density at radius 2 is 2.11 bits per heavy atom. The van der Waals surface area contributed by atoms with Crippen molar-refractivity contribution in [3.63, 3.8) is 0 Å². The first kappa shape index (κ1) is 12.8. The van der Waals surface area contributed by atoms with Gasteiger partial charge in [-0.2, -0.15) is 5.26 Å². The first-order valence-corrected chi connectivity index (χ1v) is 5.80. The van der Waals surface area contributed by atoms with Crippen molar-refractivity contribution in [2.75, 3.05) is 11.9 Å². The number of anilines is 1. The third-order valence-electron chi connectivity index (χ3n) is 2.69. The predicted octanol–water partition coefficient (Wildman–Crippen LogP) is 1.97. The lowest BCUT2D eigenvalue weighted by atomic mass is 10.2. The van der Waals surface area contributed by atoms with Gasteiger partial charge >= 0.3 is 0 Å². The minimum Gasteiger partial charge on any atom is -0.382 e. The van der Waals surface area contributed by atoms with Crippen molar-refractivity contribution in [3.8, 4) is 6.07 Å². The number of halogens is 1. The Morgan fingerprint density at radius 1 is 1.26 bits per heavy atom. The summed E-state index contributed by atoms with van der Waals surface area (Å²) in [5, 5.41) is 11.8. The van der Waals surface area contributed by atoms with Gasteiger partial charge in [0, 0.05) is 25.4 Å². The van der Waals surface area contributed by atoms with Crippen LogP contribution in [0.25, 0.3) is 0 Å². The van der Waals surface area contributed by atoms with E-state index in [9.17, 15) is 9.18 Å². The molecule has 0 radical (unpaired) electrons. The third kappa shape index (κ3) is 2.99. The number of hydrogen-bond donors (Lipinski definition) is 1. The molecule has 2 rings (SSSR count). The van der Waals surface area contributed by atoms with E-state index in [1.165, 1.54) is 18.2 Å². The Balaban J connectivity index is 2.05. The monoisotopic (exact) mass is 257 g/mol. The van der Waals surface area contributed by atoms with Crippen LogP contribution in [0, 0.1) is 17.1 Å². The second-order valence-electron chi connectivity index (χ2n) is 3.93. The largest absolute Gasteiger partial charge is 0.382 e. The molecule has 0 saturated heterocycles. The van der Waals surface area contributed by atoms with E-state index in [1.807, 2.05) is 6.07 Å². The molecular formula is C14H12FN3O. The van der Waals surface area contributed by atoms with Gasteiger partial charge in [0.25, 0.3) is 5.56 Å². The Labute approximate surface area is 109 Å². The summed E-state index contributed by atoms with van der Waals surface area (Å²) in [5.41, 5.74) is 0.332. The van der Waals surface area contributed by atoms with Crippen molar-refractivity contribution in [1.82, 2.24) is 4.57 Å². The van der Waals surface area contributed by atoms with Crippen LogP contribution in [0.2, 0.25) is 0 Å². The minimum absolute atomic E-state index is 0.0112. The topological polar surface area (TPSA) is 57.8 Å². The van der Waals surface area contributed by atoms with Crippen molar-refractivity contribution in [1.29, 1.82) is 5.26 Å². The molecule has 0 saturated carbocycles. The number of aromatic nitrogens is 1. The van der Waals surface area contributed by atoms with Gasteiger partial charge in [-0.05, 0) is 18.2 Å². The summed E-state index contributed by atoms with van der Waals surface area (Å²) in [6, 6.07) is 11.1. The highest BCUT2D eigenvalue weighted by Crippen LogP contribution is 2.17. The van der Waals surface area contributed by atoms with Gasteiger partial charge in [-0.1, -0.05) is 12.1 Å². The van der Waals surface area contributed by atoms with E-state index in [0.717, 1.165) is 0 Å². The van der Waals surface area contributed by atoms with E-state index in [0.29, 0.717) is 18.8 Å². The van der Waals surface area contributed by atoms with E-state index in [4.69, 9.17) is 5.26 Å². The summed E-state index contributed by atoms with van der Waals surface area (Å²) in [7, 11) is 0. The van der Waals surface area contributed by atoms with Crippen LogP contribution >= 0.6 is 0 Å². The van der Waals surface area contributed by atoms with Gasteiger partial charge in [0.15, 0.2) is 0 Å². The lowest BCUT2D eigenvalue weighted by Gasteiger charge is -2.09. The van der Waals surface area contributed by atoms with Gasteiger partial charge in [-0.25, -0.2) is 4.39 Å². The molecule has 0 atom stereocenters. The molecule has 0 bridgehead atoms. The van der Waals surface area contributed by atoms with Crippen LogP contribution in [0.3, 0.4) is 0 Å². The highest BCUT2D eigenvalue weighted by atomic mass is 19.1. The van der Waals surface area contributed by atoms with E-state index in [2.05, 4.69) is 5.32 Å². The summed E-state index contributed by atoms with van der Waals surface area (Å²) in [6.07, 6.45) is 1.68. The zero-order valence-electron chi connectivity index (χ0n) is 10.1. The molecule has 0 unspecified atom stereocenters. The molecule has 5 heteroatoms. The summed E-state index contributed by atoms with van der Waals surface area (Å²) >= 11 is 0. The maximum atomic E-state index is 13.3. The second-order valence-corrected chi connectivity index (χ2v) is 3.93. The molecule has 4 nitrogen and oxygen atoms in total. The molecular weight excluding hydrogens is 245 g/mol. The first-order valence-electron chi connectivity index (χ1n) is 5.80. The zero-order chi connectivity index (χ0) is 13.7. The molecule has 0 fully saturated rings. The van der Waals surface area contributed by atoms with Gasteiger partial charge in [-0.15, -0.1) is 0 Å². The van der Waals surface area contributed by atoms with Gasteiger partial charge < -0.3 is 9.88 Å². The summed E-state index contributed by atoms with van der Waals surface area (Å²) in [5.74, 6) is -0.552. The van der Waals surface area contributed by atoms with Crippen LogP contribution in [0.1, 0.15) is 5.56 Å². The maximum absolute atomic E-state index is 13.3. The van der Waals surface area contributed by atoms with Crippen LogP contribution in [0.5, 0.6) is 0 Å². The smallest absolute Gasteiger partial charge is 0.250 e. The minimum atomic E-state index is -0.552. The van der Waals surface area contributed by atoms with Crippen LogP contribution in [-0.4, -0.2) is 11.1 Å². The second kappa shape index (κ2) is 5.83. The van der Waals surface area contributed by atoms with Gasteiger partial charge in [-0.3, -0.25) is 4.79 Å². The van der Waals surface area contributed by atoms with E-state index < -0.39 is 5.82 Å². The van der Waals surface area contributed by atoms with Crippen LogP contribution < -0.4 is 10.9 Å². The Kier molecular flexibility index (Phi) is 3.94. The standard InChI is InChI=1S/C14H12FN3O/c15-12-4-3-5-13(11(12)10-16)17-7-9-18-8-2-1-6-14(18)19/h1-6,8,17H,7,9H2. The summed E-state index contributed by atoms with van der Waals surface area (Å²) in [6.45, 7) is 0.878. The fraction of sp³-hybridized carbons (Fsp3) is 0.143. The number of hydrogen-bond acceptors (Lipinski definition) is 3. The summed E-state index contributed by atoms with van der Waals surface area (Å²) in [4.78, 5) is 11.5. The molecule has 1 aromatic carbocycles. The van der Waals surface area contributed by atoms with Gasteiger partial charge in [0.1, 0.15) is 17.4 Å². The molecule has 1 N–H and O–H groups in total. The Morgan fingerprint density at radius 3 is 2.84 bits per heavy atom. The van der Waals surface area contributed by atoms with Crippen molar-refractivity contribution in [2.45, 2.75) is 6.54 Å². The highest BCUT2D eigenvalue weighted by Gasteiger charge is 2.06. The third-order valence-corrected chi connectivity index (χ3v) is 2.69. The molecule has 2 aromatic rings. The van der Waals surface area contributed by atoms with Crippen LogP contribution in [0.4, 0.5) is 10.1 Å². The quantitative estimate of drug-likeness (QED) is 0.911. The average molecular weight is 257 g/mol. The van der Waals surface area contributed by atoms with Crippen molar-refractivity contribution < 1.29 is 4.39 Å².